The lowest BCUT2D eigenvalue weighted by atomic mass is 9.99. The highest BCUT2D eigenvalue weighted by atomic mass is 35.5. The molecule has 5 rings (SSSR count). The maximum Gasteiger partial charge on any atom is 0.0921 e. The lowest BCUT2D eigenvalue weighted by Crippen LogP contribution is -2.27. The number of hydrogen-bond donors (Lipinski definition) is 0. The fraction of sp³-hybridized carbons (Fsp3) is 0.200. The average molecular weight is 322 g/mol. The van der Waals surface area contributed by atoms with Crippen molar-refractivity contribution in [1.82, 2.24) is 0 Å². The van der Waals surface area contributed by atoms with Crippen LogP contribution in [-0.4, -0.2) is 6.10 Å². The Kier molecular flexibility index (Phi) is 2.91. The first-order valence-corrected chi connectivity index (χ1v) is 8.39. The smallest absolute Gasteiger partial charge is 0.0921 e. The third kappa shape index (κ3) is 2.06. The van der Waals surface area contributed by atoms with Gasteiger partial charge >= 0.3 is 0 Å². The first-order valence-electron chi connectivity index (χ1n) is 8.02. The first-order chi connectivity index (χ1) is 11.3. The maximum absolute atomic E-state index is 6.23. The lowest BCUT2D eigenvalue weighted by molar-refractivity contribution is 0.0741. The second-order valence-corrected chi connectivity index (χ2v) is 6.79. The van der Waals surface area contributed by atoms with Crippen molar-refractivity contribution in [1.29, 1.82) is 0 Å². The number of benzene rings is 3. The molecule has 2 aliphatic heterocycles. The van der Waals surface area contributed by atoms with Gasteiger partial charge in [0.25, 0.3) is 0 Å². The Bertz CT molecular complexity index is 907. The average Bonchev–Trinajstić information content (AvgIpc) is 2.91. The summed E-state index contributed by atoms with van der Waals surface area (Å²) in [6.45, 7) is 0. The Balaban J connectivity index is 1.69. The lowest BCUT2D eigenvalue weighted by Gasteiger charge is -2.31. The summed E-state index contributed by atoms with van der Waals surface area (Å²) in [6.07, 6.45) is 2.24. The summed E-state index contributed by atoms with van der Waals surface area (Å²) in [5.74, 6) is 0. The van der Waals surface area contributed by atoms with Gasteiger partial charge in [0.15, 0.2) is 0 Å². The van der Waals surface area contributed by atoms with Gasteiger partial charge < -0.3 is 0 Å². The first kappa shape index (κ1) is 13.4. The fourth-order valence-corrected chi connectivity index (χ4v) is 4.11. The summed E-state index contributed by atoms with van der Waals surface area (Å²) in [7, 11) is 0. The van der Waals surface area contributed by atoms with Gasteiger partial charge in [-0.05, 0) is 28.6 Å². The molecule has 0 aliphatic carbocycles. The van der Waals surface area contributed by atoms with E-state index < -0.39 is 0 Å². The fourth-order valence-electron chi connectivity index (χ4n) is 3.91. The third-order valence-corrected chi connectivity index (χ3v) is 5.15. The third-order valence-electron chi connectivity index (χ3n) is 4.92. The zero-order valence-corrected chi connectivity index (χ0v) is 13.3. The largest absolute Gasteiger partial charge is 0.269 e. The normalized spacial score (nSPS) is 22.4. The zero-order valence-electron chi connectivity index (χ0n) is 12.6. The number of fused-ring (bicyclic) bond motifs is 6. The van der Waals surface area contributed by atoms with E-state index in [0.29, 0.717) is 0 Å². The minimum absolute atomic E-state index is 0.228. The number of halogens is 1. The second-order valence-electron chi connectivity index (χ2n) is 6.36. The van der Waals surface area contributed by atoms with E-state index in [1.807, 2.05) is 12.1 Å². The molecule has 0 unspecified atom stereocenters. The molecular weight excluding hydrogens is 306 g/mol. The van der Waals surface area contributed by atoms with Gasteiger partial charge in [-0.25, -0.2) is 5.06 Å². The highest BCUT2D eigenvalue weighted by Gasteiger charge is 2.40. The summed E-state index contributed by atoms with van der Waals surface area (Å²) in [4.78, 5) is 6.23. The SMILES string of the molecule is Clc1cccc([C@@H]2C[C@@H]3Cc4ccc5ccccc5c4N2O3)c1. The van der Waals surface area contributed by atoms with E-state index in [1.54, 1.807) is 0 Å². The molecule has 2 nitrogen and oxygen atoms in total. The molecule has 2 heterocycles. The minimum Gasteiger partial charge on any atom is -0.269 e. The molecule has 0 radical (unpaired) electrons. The Hall–Kier alpha value is -2.03. The predicted molar refractivity (Wildman–Crippen MR) is 93.8 cm³/mol. The number of rotatable bonds is 1. The predicted octanol–water partition coefficient (Wildman–Crippen LogP) is 5.30. The molecule has 3 aromatic rings. The molecule has 3 aromatic carbocycles. The molecule has 2 aliphatic rings. The van der Waals surface area contributed by atoms with Crippen molar-refractivity contribution in [2.24, 2.45) is 0 Å². The van der Waals surface area contributed by atoms with Gasteiger partial charge in [0.2, 0.25) is 0 Å². The van der Waals surface area contributed by atoms with Crippen molar-refractivity contribution < 1.29 is 4.84 Å². The summed E-state index contributed by atoms with van der Waals surface area (Å²) in [6, 6.07) is 21.4. The Morgan fingerprint density at radius 2 is 1.91 bits per heavy atom. The molecule has 0 saturated carbocycles. The van der Waals surface area contributed by atoms with Crippen molar-refractivity contribution in [2.75, 3.05) is 5.06 Å². The van der Waals surface area contributed by atoms with Crippen LogP contribution in [0, 0.1) is 0 Å². The van der Waals surface area contributed by atoms with Crippen LogP contribution in [0.15, 0.2) is 60.7 Å². The van der Waals surface area contributed by atoms with Crippen LogP contribution in [0.2, 0.25) is 5.02 Å². The topological polar surface area (TPSA) is 12.5 Å². The van der Waals surface area contributed by atoms with Gasteiger partial charge in [-0.3, -0.25) is 4.84 Å². The van der Waals surface area contributed by atoms with Crippen molar-refractivity contribution in [3.63, 3.8) is 0 Å². The molecule has 23 heavy (non-hydrogen) atoms. The Labute approximate surface area is 140 Å². The van der Waals surface area contributed by atoms with Crippen LogP contribution in [0.1, 0.15) is 23.6 Å². The molecule has 0 amide bonds. The molecule has 2 bridgehead atoms. The van der Waals surface area contributed by atoms with Gasteiger partial charge in [0.1, 0.15) is 0 Å². The second kappa shape index (κ2) is 4.98. The van der Waals surface area contributed by atoms with Crippen LogP contribution in [0.25, 0.3) is 10.8 Å². The van der Waals surface area contributed by atoms with Gasteiger partial charge in [-0.2, -0.15) is 0 Å². The maximum atomic E-state index is 6.23. The molecule has 0 aromatic heterocycles. The quantitative estimate of drug-likeness (QED) is 0.603. The van der Waals surface area contributed by atoms with Crippen LogP contribution in [0.3, 0.4) is 0 Å². The molecule has 3 heteroatoms. The van der Waals surface area contributed by atoms with Crippen LogP contribution in [0.5, 0.6) is 0 Å². The van der Waals surface area contributed by atoms with Gasteiger partial charge in [-0.1, -0.05) is 60.1 Å². The van der Waals surface area contributed by atoms with E-state index >= 15 is 0 Å². The molecule has 0 spiro atoms. The van der Waals surface area contributed by atoms with Crippen LogP contribution >= 0.6 is 11.6 Å². The standard InChI is InChI=1S/C20H16ClNO/c21-16-6-3-5-14(10-16)19-12-17-11-15-9-8-13-4-1-2-7-18(13)20(15)22(19)23-17/h1-10,17,19H,11-12H2/t17-,19-/m0/s1. The molecule has 1 fully saturated rings. The monoisotopic (exact) mass is 321 g/mol. The Morgan fingerprint density at radius 3 is 2.83 bits per heavy atom. The Morgan fingerprint density at radius 1 is 1.00 bits per heavy atom. The zero-order chi connectivity index (χ0) is 15.4. The minimum atomic E-state index is 0.228. The highest BCUT2D eigenvalue weighted by Crippen LogP contribution is 2.47. The molecule has 114 valence electrons. The summed E-state index contributed by atoms with van der Waals surface area (Å²) < 4.78 is 0. The molecular formula is C20H16ClNO. The van der Waals surface area contributed by atoms with Gasteiger partial charge in [0, 0.05) is 23.3 Å². The number of hydrogen-bond acceptors (Lipinski definition) is 2. The van der Waals surface area contributed by atoms with Gasteiger partial charge in [0.05, 0.1) is 17.8 Å². The van der Waals surface area contributed by atoms with E-state index in [4.69, 9.17) is 16.4 Å². The number of nitrogens with zero attached hydrogens (tertiary/aromatic N) is 1. The van der Waals surface area contributed by atoms with Crippen LogP contribution < -0.4 is 5.06 Å². The summed E-state index contributed by atoms with van der Waals surface area (Å²) in [5.41, 5.74) is 3.83. The van der Waals surface area contributed by atoms with E-state index in [-0.39, 0.29) is 12.1 Å². The van der Waals surface area contributed by atoms with Crippen molar-refractivity contribution in [3.05, 3.63) is 76.8 Å². The highest BCUT2D eigenvalue weighted by molar-refractivity contribution is 6.30. The van der Waals surface area contributed by atoms with E-state index in [1.165, 1.54) is 27.6 Å². The number of hydroxylamine groups is 1. The van der Waals surface area contributed by atoms with Crippen molar-refractivity contribution >= 4 is 28.1 Å². The van der Waals surface area contributed by atoms with Crippen molar-refractivity contribution in [2.45, 2.75) is 25.0 Å². The van der Waals surface area contributed by atoms with Crippen LogP contribution in [0.4, 0.5) is 5.69 Å². The number of anilines is 1. The summed E-state index contributed by atoms with van der Waals surface area (Å²) >= 11 is 6.20. The van der Waals surface area contributed by atoms with Crippen LogP contribution in [-0.2, 0) is 11.3 Å². The van der Waals surface area contributed by atoms with Crippen molar-refractivity contribution in [3.8, 4) is 0 Å². The molecule has 1 saturated heterocycles. The van der Waals surface area contributed by atoms with E-state index in [0.717, 1.165) is 17.9 Å². The van der Waals surface area contributed by atoms with Gasteiger partial charge in [-0.15, -0.1) is 0 Å². The molecule has 2 atom stereocenters. The van der Waals surface area contributed by atoms with E-state index in [2.05, 4.69) is 53.6 Å². The molecule has 0 N–H and O–H groups in total. The summed E-state index contributed by atoms with van der Waals surface area (Å²) in [5, 5.41) is 5.42. The van der Waals surface area contributed by atoms with E-state index in [9.17, 15) is 0 Å².